The Bertz CT molecular complexity index is 572. The van der Waals surface area contributed by atoms with Crippen LogP contribution in [0.5, 0.6) is 0 Å². The van der Waals surface area contributed by atoms with Gasteiger partial charge in [0, 0.05) is 11.1 Å². The number of benzene rings is 1. The average molecular weight is 319 g/mol. The van der Waals surface area contributed by atoms with Crippen molar-refractivity contribution in [2.75, 3.05) is 0 Å². The van der Waals surface area contributed by atoms with Crippen molar-refractivity contribution in [2.24, 2.45) is 11.7 Å². The van der Waals surface area contributed by atoms with Crippen LogP contribution in [0.2, 0.25) is 0 Å². The van der Waals surface area contributed by atoms with Gasteiger partial charge in [-0.25, -0.2) is 5.48 Å². The molecule has 1 aromatic carbocycles. The maximum absolute atomic E-state index is 12.3. The van der Waals surface area contributed by atoms with Crippen LogP contribution in [0.15, 0.2) is 30.3 Å². The molecule has 1 rings (SSSR count). The van der Waals surface area contributed by atoms with Gasteiger partial charge in [-0.1, -0.05) is 38.1 Å². The first-order valence-corrected chi connectivity index (χ1v) is 7.47. The minimum absolute atomic E-state index is 0.409. The molecule has 1 aromatic rings. The maximum atomic E-state index is 12.3. The Morgan fingerprint density at radius 1 is 1.22 bits per heavy atom. The molecule has 0 saturated heterocycles. The summed E-state index contributed by atoms with van der Waals surface area (Å²) in [6.45, 7) is 7.35. The van der Waals surface area contributed by atoms with Crippen LogP contribution in [0.4, 0.5) is 0 Å². The summed E-state index contributed by atoms with van der Waals surface area (Å²) >= 11 is 0. The second-order valence-electron chi connectivity index (χ2n) is 6.43. The van der Waals surface area contributed by atoms with Gasteiger partial charge in [-0.2, -0.15) is 0 Å². The Hall–Kier alpha value is -2.18. The number of hydrogen-bond donors (Lipinski definition) is 4. The number of rotatable bonds is 6. The summed E-state index contributed by atoms with van der Waals surface area (Å²) in [5.74, 6) is -0.749. The zero-order valence-electron chi connectivity index (χ0n) is 14.0. The molecule has 0 aliphatic heterocycles. The van der Waals surface area contributed by atoms with Gasteiger partial charge in [-0.3, -0.25) is 14.8 Å². The van der Waals surface area contributed by atoms with Crippen LogP contribution in [0, 0.1) is 5.92 Å². The van der Waals surface area contributed by atoms with E-state index < -0.39 is 23.4 Å². The van der Waals surface area contributed by atoms with Gasteiger partial charge in [-0.05, 0) is 37.5 Å². The van der Waals surface area contributed by atoms with Crippen molar-refractivity contribution in [3.63, 3.8) is 0 Å². The molecular weight excluding hydrogens is 294 g/mol. The van der Waals surface area contributed by atoms with E-state index in [0.717, 1.165) is 5.56 Å². The molecule has 0 spiro atoms. The Labute approximate surface area is 136 Å². The number of amides is 2. The number of carbonyl (C=O) groups excluding carboxylic acids is 2. The molecule has 23 heavy (non-hydrogen) atoms. The average Bonchev–Trinajstić information content (AvgIpc) is 2.49. The van der Waals surface area contributed by atoms with Gasteiger partial charge in [0.1, 0.15) is 6.04 Å². The Balaban J connectivity index is 2.86. The van der Waals surface area contributed by atoms with Crippen molar-refractivity contribution in [1.29, 1.82) is 0 Å². The van der Waals surface area contributed by atoms with Gasteiger partial charge in [0.05, 0.1) is 0 Å². The molecule has 0 bridgehead atoms. The monoisotopic (exact) mass is 319 g/mol. The molecule has 0 aromatic heterocycles. The molecule has 6 heteroatoms. The normalized spacial score (nSPS) is 13.2. The maximum Gasteiger partial charge on any atom is 0.267 e. The Kier molecular flexibility index (Phi) is 6.48. The number of nitrogens with two attached hydrogens (primary N) is 1. The molecule has 0 aliphatic rings. The molecule has 0 aliphatic carbocycles. The van der Waals surface area contributed by atoms with Crippen LogP contribution in [0.25, 0.3) is 6.08 Å². The molecule has 1 atom stereocenters. The van der Waals surface area contributed by atoms with Crippen LogP contribution in [-0.4, -0.2) is 28.6 Å². The van der Waals surface area contributed by atoms with Crippen molar-refractivity contribution in [3.8, 4) is 0 Å². The predicted octanol–water partition coefficient (Wildman–Crippen LogP) is 1.70. The van der Waals surface area contributed by atoms with Crippen molar-refractivity contribution >= 4 is 17.9 Å². The second kappa shape index (κ2) is 7.89. The van der Waals surface area contributed by atoms with Gasteiger partial charge in [0.15, 0.2) is 0 Å². The van der Waals surface area contributed by atoms with Gasteiger partial charge in [-0.15, -0.1) is 0 Å². The minimum Gasteiger partial charge on any atom is -0.338 e. The van der Waals surface area contributed by atoms with E-state index in [2.05, 4.69) is 25.2 Å². The smallest absolute Gasteiger partial charge is 0.267 e. The van der Waals surface area contributed by atoms with Crippen molar-refractivity contribution in [2.45, 2.75) is 39.3 Å². The van der Waals surface area contributed by atoms with Gasteiger partial charge in [0.2, 0.25) is 0 Å². The summed E-state index contributed by atoms with van der Waals surface area (Å²) < 4.78 is 0. The highest BCUT2D eigenvalue weighted by Gasteiger charge is 2.33. The molecule has 0 unspecified atom stereocenters. The fourth-order valence-electron chi connectivity index (χ4n) is 1.92. The number of hydrogen-bond acceptors (Lipinski definition) is 4. The van der Waals surface area contributed by atoms with Crippen LogP contribution >= 0.6 is 0 Å². The highest BCUT2D eigenvalue weighted by atomic mass is 16.5. The van der Waals surface area contributed by atoms with E-state index in [1.807, 2.05) is 18.2 Å². The van der Waals surface area contributed by atoms with Gasteiger partial charge >= 0.3 is 0 Å². The Morgan fingerprint density at radius 3 is 2.22 bits per heavy atom. The quantitative estimate of drug-likeness (QED) is 0.473. The van der Waals surface area contributed by atoms with Crippen LogP contribution in [-0.2, 0) is 4.79 Å². The lowest BCUT2D eigenvalue weighted by molar-refractivity contribution is -0.132. The third-order valence-corrected chi connectivity index (χ3v) is 3.24. The minimum atomic E-state index is -1.06. The van der Waals surface area contributed by atoms with E-state index in [4.69, 9.17) is 10.9 Å². The lowest BCUT2D eigenvalue weighted by Crippen LogP contribution is -2.61. The van der Waals surface area contributed by atoms with E-state index in [1.54, 1.807) is 26.0 Å². The number of allylic oxidation sites excluding steroid dienone is 1. The van der Waals surface area contributed by atoms with Crippen molar-refractivity contribution in [1.82, 2.24) is 10.8 Å². The van der Waals surface area contributed by atoms with Gasteiger partial charge < -0.3 is 11.1 Å². The molecule has 0 radical (unpaired) electrons. The van der Waals surface area contributed by atoms with E-state index in [0.29, 0.717) is 11.5 Å². The van der Waals surface area contributed by atoms with E-state index in [-0.39, 0.29) is 0 Å². The molecule has 6 nitrogen and oxygen atoms in total. The molecule has 0 heterocycles. The highest BCUT2D eigenvalue weighted by molar-refractivity contribution is 5.98. The summed E-state index contributed by atoms with van der Waals surface area (Å²) in [7, 11) is 0. The first-order chi connectivity index (χ1) is 10.6. The van der Waals surface area contributed by atoms with E-state index in [1.165, 1.54) is 5.48 Å². The largest absolute Gasteiger partial charge is 0.338 e. The molecule has 126 valence electrons. The lowest BCUT2D eigenvalue weighted by atomic mass is 9.95. The fourth-order valence-corrected chi connectivity index (χ4v) is 1.92. The molecule has 2 amide bonds. The first kappa shape index (κ1) is 18.9. The SMILES string of the molecule is CC(C)/C=C/c1ccc(C(=O)N[C@H](C(=O)NO)C(C)(C)N)cc1. The Morgan fingerprint density at radius 2 is 1.78 bits per heavy atom. The lowest BCUT2D eigenvalue weighted by Gasteiger charge is -2.29. The van der Waals surface area contributed by atoms with E-state index in [9.17, 15) is 9.59 Å². The molecule has 0 fully saturated rings. The summed E-state index contributed by atoms with van der Waals surface area (Å²) in [5, 5.41) is 11.3. The summed E-state index contributed by atoms with van der Waals surface area (Å²) in [4.78, 5) is 23.9. The fraction of sp³-hybridized carbons (Fsp3) is 0.412. The summed E-state index contributed by atoms with van der Waals surface area (Å²) in [5.41, 5.74) is 7.77. The van der Waals surface area contributed by atoms with Crippen molar-refractivity contribution in [3.05, 3.63) is 41.5 Å². The third-order valence-electron chi connectivity index (χ3n) is 3.24. The summed E-state index contributed by atoms with van der Waals surface area (Å²) in [6.07, 6.45) is 4.05. The molecular formula is C17H25N3O3. The predicted molar refractivity (Wildman–Crippen MR) is 89.8 cm³/mol. The zero-order chi connectivity index (χ0) is 17.6. The van der Waals surface area contributed by atoms with Crippen LogP contribution < -0.4 is 16.5 Å². The number of nitrogens with one attached hydrogen (secondary N) is 2. The second-order valence-corrected chi connectivity index (χ2v) is 6.43. The van der Waals surface area contributed by atoms with E-state index >= 15 is 0 Å². The van der Waals surface area contributed by atoms with Gasteiger partial charge in [0.25, 0.3) is 11.8 Å². The number of hydroxylamine groups is 1. The molecule has 5 N–H and O–H groups in total. The van der Waals surface area contributed by atoms with Crippen molar-refractivity contribution < 1.29 is 14.8 Å². The van der Waals surface area contributed by atoms with Crippen LogP contribution in [0.1, 0.15) is 43.6 Å². The summed E-state index contributed by atoms with van der Waals surface area (Å²) in [6, 6.07) is 5.94. The number of carbonyl (C=O) groups is 2. The zero-order valence-corrected chi connectivity index (χ0v) is 14.0. The molecule has 0 saturated carbocycles. The van der Waals surface area contributed by atoms with Crippen LogP contribution in [0.3, 0.4) is 0 Å². The highest BCUT2D eigenvalue weighted by Crippen LogP contribution is 2.10. The first-order valence-electron chi connectivity index (χ1n) is 7.47. The topological polar surface area (TPSA) is 104 Å². The standard InChI is InChI=1S/C17H25N3O3/c1-11(2)5-6-12-7-9-13(10-8-12)15(21)19-14(16(22)20-23)17(3,4)18/h5-11,14,23H,18H2,1-4H3,(H,19,21)(H,20,22)/b6-5+/t14-/m1/s1. The third kappa shape index (κ3) is 5.84.